The van der Waals surface area contributed by atoms with Crippen LogP contribution in [0.2, 0.25) is 0 Å². The van der Waals surface area contributed by atoms with Crippen LogP contribution in [0, 0.1) is 0 Å². The summed E-state index contributed by atoms with van der Waals surface area (Å²) in [5, 5.41) is 8.62. The molecule has 1 aromatic heterocycles. The van der Waals surface area contributed by atoms with Gasteiger partial charge in [-0.25, -0.2) is 0 Å². The fraction of sp³-hybridized carbons (Fsp3) is 0. The molecule has 236 valence electrons. The van der Waals surface area contributed by atoms with Crippen molar-refractivity contribution in [2.24, 2.45) is 0 Å². The lowest BCUT2D eigenvalue weighted by atomic mass is 9.83. The standard InChI is InChI=1S/C50H30O/c1-2-13-31(14-3-1)46-29-32-25-26-33(30-47(32)51-46)48-39-19-8-10-21-41(39)50(42-22-11-9-20-40(42)48)45-28-27-44-37-18-7-5-16-35(37)34-15-4-6-17-36(34)38-23-12-24-43(45)49(38)44/h1-30H. The van der Waals surface area contributed by atoms with Crippen molar-refractivity contribution in [3.63, 3.8) is 0 Å². The van der Waals surface area contributed by atoms with Crippen LogP contribution in [0.1, 0.15) is 0 Å². The Balaban J connectivity index is 1.20. The van der Waals surface area contributed by atoms with Crippen LogP contribution in [0.3, 0.4) is 0 Å². The molecule has 1 nitrogen and oxygen atoms in total. The molecule has 0 radical (unpaired) electrons. The molecule has 0 atom stereocenters. The molecule has 0 saturated heterocycles. The maximum absolute atomic E-state index is 6.48. The van der Waals surface area contributed by atoms with Crippen LogP contribution < -0.4 is 0 Å². The number of hydrogen-bond donors (Lipinski definition) is 0. The van der Waals surface area contributed by atoms with Gasteiger partial charge in [0.05, 0.1) is 0 Å². The van der Waals surface area contributed by atoms with Gasteiger partial charge in [0.2, 0.25) is 0 Å². The van der Waals surface area contributed by atoms with Gasteiger partial charge in [0.1, 0.15) is 11.3 Å². The molecule has 1 aliphatic carbocycles. The summed E-state index contributed by atoms with van der Waals surface area (Å²) in [6, 6.07) is 66.3. The minimum Gasteiger partial charge on any atom is -0.456 e. The summed E-state index contributed by atoms with van der Waals surface area (Å²) in [6.45, 7) is 0. The molecule has 1 aliphatic rings. The molecule has 0 unspecified atom stereocenters. The van der Waals surface area contributed by atoms with Gasteiger partial charge >= 0.3 is 0 Å². The van der Waals surface area contributed by atoms with Crippen molar-refractivity contribution in [2.75, 3.05) is 0 Å². The number of furan rings is 1. The van der Waals surface area contributed by atoms with Gasteiger partial charge in [-0.3, -0.25) is 0 Å². The van der Waals surface area contributed by atoms with Crippen molar-refractivity contribution in [2.45, 2.75) is 0 Å². The quantitative estimate of drug-likeness (QED) is 0.174. The van der Waals surface area contributed by atoms with Crippen molar-refractivity contribution in [1.29, 1.82) is 0 Å². The highest BCUT2D eigenvalue weighted by atomic mass is 16.3. The molecule has 1 heterocycles. The third-order valence-corrected chi connectivity index (χ3v) is 10.8. The van der Waals surface area contributed by atoms with Gasteiger partial charge in [-0.2, -0.15) is 0 Å². The molecule has 51 heavy (non-hydrogen) atoms. The largest absolute Gasteiger partial charge is 0.456 e. The molecule has 9 aromatic carbocycles. The Hall–Kier alpha value is -6.70. The molecule has 0 amide bonds. The highest BCUT2D eigenvalue weighted by molar-refractivity contribution is 6.26. The number of hydrogen-bond acceptors (Lipinski definition) is 1. The predicted octanol–water partition coefficient (Wildman–Crippen LogP) is 14.2. The second-order valence-corrected chi connectivity index (χ2v) is 13.6. The van der Waals surface area contributed by atoms with E-state index < -0.39 is 0 Å². The molecule has 10 aromatic rings. The third-order valence-electron chi connectivity index (χ3n) is 10.8. The van der Waals surface area contributed by atoms with Crippen molar-refractivity contribution in [3.05, 3.63) is 182 Å². The van der Waals surface area contributed by atoms with E-state index in [2.05, 4.69) is 176 Å². The van der Waals surface area contributed by atoms with Gasteiger partial charge < -0.3 is 4.42 Å². The maximum atomic E-state index is 6.48. The second kappa shape index (κ2) is 10.9. The van der Waals surface area contributed by atoms with Gasteiger partial charge in [0, 0.05) is 10.9 Å². The van der Waals surface area contributed by atoms with Crippen LogP contribution in [-0.4, -0.2) is 0 Å². The Morgan fingerprint density at radius 1 is 0.294 bits per heavy atom. The van der Waals surface area contributed by atoms with Crippen molar-refractivity contribution in [1.82, 2.24) is 0 Å². The zero-order chi connectivity index (χ0) is 33.5. The van der Waals surface area contributed by atoms with Crippen LogP contribution in [0.4, 0.5) is 0 Å². The van der Waals surface area contributed by atoms with E-state index in [1.54, 1.807) is 0 Å². The van der Waals surface area contributed by atoms with Crippen LogP contribution in [0.5, 0.6) is 0 Å². The molecule has 1 heteroatoms. The summed E-state index contributed by atoms with van der Waals surface area (Å²) in [7, 11) is 0. The van der Waals surface area contributed by atoms with Crippen molar-refractivity contribution >= 4 is 43.3 Å². The summed E-state index contributed by atoms with van der Waals surface area (Å²) in [5.41, 5.74) is 14.6. The van der Waals surface area contributed by atoms with Crippen molar-refractivity contribution < 1.29 is 4.42 Å². The molecule has 11 rings (SSSR count). The van der Waals surface area contributed by atoms with Gasteiger partial charge in [-0.15, -0.1) is 0 Å². The molecule has 0 N–H and O–H groups in total. The normalized spacial score (nSPS) is 11.9. The van der Waals surface area contributed by atoms with Crippen LogP contribution in [-0.2, 0) is 0 Å². The molecule has 0 spiro atoms. The molecular weight excluding hydrogens is 617 g/mol. The number of benzene rings is 9. The van der Waals surface area contributed by atoms with Gasteiger partial charge in [0.15, 0.2) is 0 Å². The van der Waals surface area contributed by atoms with E-state index in [1.807, 2.05) is 6.07 Å². The lowest BCUT2D eigenvalue weighted by Crippen LogP contribution is -1.93. The Bertz CT molecular complexity index is 2910. The fourth-order valence-corrected chi connectivity index (χ4v) is 8.64. The second-order valence-electron chi connectivity index (χ2n) is 13.6. The first-order valence-electron chi connectivity index (χ1n) is 17.6. The molecular formula is C50H30O. The van der Waals surface area contributed by atoms with Gasteiger partial charge in [-0.05, 0) is 100 Å². The van der Waals surface area contributed by atoms with E-state index in [4.69, 9.17) is 4.42 Å². The van der Waals surface area contributed by atoms with E-state index in [0.29, 0.717) is 0 Å². The van der Waals surface area contributed by atoms with E-state index in [1.165, 1.54) is 82.4 Å². The minimum absolute atomic E-state index is 0.886. The van der Waals surface area contributed by atoms with Crippen LogP contribution in [0.25, 0.3) is 110 Å². The SMILES string of the molecule is c1ccc(-c2cc3ccc(-c4c5ccccc5c(-c5ccc6c7c(cccc57)-c5ccccc5-c5ccccc5-6)c5ccccc45)cc3o2)cc1. The Morgan fingerprint density at radius 3 is 1.43 bits per heavy atom. The lowest BCUT2D eigenvalue weighted by Gasteiger charge is -2.20. The zero-order valence-corrected chi connectivity index (χ0v) is 27.7. The summed E-state index contributed by atoms with van der Waals surface area (Å²) < 4.78 is 6.48. The molecule has 0 aliphatic heterocycles. The summed E-state index contributed by atoms with van der Waals surface area (Å²) >= 11 is 0. The summed E-state index contributed by atoms with van der Waals surface area (Å²) in [6.07, 6.45) is 0. The monoisotopic (exact) mass is 646 g/mol. The topological polar surface area (TPSA) is 13.1 Å². The molecule has 0 fully saturated rings. The van der Waals surface area contributed by atoms with Gasteiger partial charge in [0.25, 0.3) is 0 Å². The highest BCUT2D eigenvalue weighted by Crippen LogP contribution is 2.51. The van der Waals surface area contributed by atoms with Crippen molar-refractivity contribution in [3.8, 4) is 67.0 Å². The number of fused-ring (bicyclic) bond motifs is 8. The van der Waals surface area contributed by atoms with Crippen LogP contribution >= 0.6 is 0 Å². The lowest BCUT2D eigenvalue weighted by molar-refractivity contribution is 0.632. The van der Waals surface area contributed by atoms with E-state index in [9.17, 15) is 0 Å². The first kappa shape index (κ1) is 28.2. The Labute approximate surface area is 295 Å². The van der Waals surface area contributed by atoms with E-state index in [-0.39, 0.29) is 0 Å². The maximum Gasteiger partial charge on any atom is 0.135 e. The first-order valence-corrected chi connectivity index (χ1v) is 17.6. The molecule has 0 saturated carbocycles. The third kappa shape index (κ3) is 4.16. The zero-order valence-electron chi connectivity index (χ0n) is 27.7. The smallest absolute Gasteiger partial charge is 0.135 e. The molecule has 0 bridgehead atoms. The Morgan fingerprint density at radius 2 is 0.784 bits per heavy atom. The Kier molecular flexibility index (Phi) is 6.02. The summed E-state index contributed by atoms with van der Waals surface area (Å²) in [4.78, 5) is 0. The van der Waals surface area contributed by atoms with Crippen LogP contribution in [0.15, 0.2) is 186 Å². The number of rotatable bonds is 3. The summed E-state index contributed by atoms with van der Waals surface area (Å²) in [5.74, 6) is 0.886. The van der Waals surface area contributed by atoms with Gasteiger partial charge in [-0.1, -0.05) is 170 Å². The first-order chi connectivity index (χ1) is 25.3. The van der Waals surface area contributed by atoms with E-state index in [0.717, 1.165) is 27.9 Å². The van der Waals surface area contributed by atoms with E-state index >= 15 is 0 Å². The average Bonchev–Trinajstić information content (AvgIpc) is 3.59. The predicted molar refractivity (Wildman–Crippen MR) is 215 cm³/mol. The average molecular weight is 647 g/mol. The minimum atomic E-state index is 0.886. The highest BCUT2D eigenvalue weighted by Gasteiger charge is 2.24. The fourth-order valence-electron chi connectivity index (χ4n) is 8.64.